The lowest BCUT2D eigenvalue weighted by Crippen LogP contribution is -2.27. The molecule has 0 fully saturated rings. The number of ether oxygens (including phenoxy) is 1. The maximum Gasteiger partial charge on any atom is 0.412 e. The molecule has 2 N–H and O–H groups in total. The van der Waals surface area contributed by atoms with Crippen LogP contribution in [0.15, 0.2) is 36.8 Å². The van der Waals surface area contributed by atoms with E-state index in [4.69, 9.17) is 4.74 Å². The van der Waals surface area contributed by atoms with Crippen molar-refractivity contribution in [2.24, 2.45) is 0 Å². The molecule has 27 heavy (non-hydrogen) atoms. The number of hydrogen-bond acceptors (Lipinski definition) is 5. The molecule has 0 aromatic carbocycles. The fourth-order valence-electron chi connectivity index (χ4n) is 2.50. The van der Waals surface area contributed by atoms with Crippen LogP contribution in [0.4, 0.5) is 10.5 Å². The van der Waals surface area contributed by atoms with Gasteiger partial charge < -0.3 is 9.72 Å². The van der Waals surface area contributed by atoms with Crippen LogP contribution >= 0.6 is 0 Å². The number of hydrogen-bond donors (Lipinski definition) is 2. The maximum absolute atomic E-state index is 12.0. The van der Waals surface area contributed by atoms with Crippen molar-refractivity contribution in [3.05, 3.63) is 48.2 Å². The molecule has 0 saturated carbocycles. The molecular weight excluding hydrogens is 342 g/mol. The normalized spacial score (nSPS) is 11.3. The first-order valence-corrected chi connectivity index (χ1v) is 8.66. The van der Waals surface area contributed by atoms with E-state index < -0.39 is 11.7 Å². The number of pyridine rings is 2. The lowest BCUT2D eigenvalue weighted by atomic mass is 10.1. The molecule has 3 heterocycles. The number of nitrogens with zero attached hydrogens (tertiary/aromatic N) is 3. The van der Waals surface area contributed by atoms with Gasteiger partial charge in [0.1, 0.15) is 11.3 Å². The average molecular weight is 365 g/mol. The first kappa shape index (κ1) is 18.6. The fraction of sp³-hybridized carbons (Fsp3) is 0.300. The smallest absolute Gasteiger partial charge is 0.412 e. The van der Waals surface area contributed by atoms with Crippen molar-refractivity contribution in [2.75, 3.05) is 5.32 Å². The molecule has 7 heteroatoms. The first-order valence-electron chi connectivity index (χ1n) is 8.66. The molecule has 140 valence electrons. The van der Waals surface area contributed by atoms with Crippen molar-refractivity contribution in [1.82, 2.24) is 19.9 Å². The number of nitrogens with one attached hydrogen (secondary N) is 2. The Morgan fingerprint density at radius 3 is 2.59 bits per heavy atom. The number of H-pyrrole nitrogens is 1. The van der Waals surface area contributed by atoms with Gasteiger partial charge in [-0.05, 0) is 58.4 Å². The topological polar surface area (TPSA) is 92.8 Å². The predicted molar refractivity (Wildman–Crippen MR) is 104 cm³/mol. The van der Waals surface area contributed by atoms with E-state index in [9.17, 15) is 4.79 Å². The second-order valence-corrected chi connectivity index (χ2v) is 7.31. The summed E-state index contributed by atoms with van der Waals surface area (Å²) in [5.74, 6) is 0.725. The van der Waals surface area contributed by atoms with Crippen LogP contribution in [-0.4, -0.2) is 31.6 Å². The standard InChI is InChI=1S/C20H23N5O2/c1-12-13(2)24-18(23-12)17-9-14(6-7-22-17)15-8-16(11-21-10-15)25-19(26)27-20(3,4)5/h6-11H,1-5H3,(H,23,24)(H,25,26). The number of carbonyl (C=O) groups is 1. The van der Waals surface area contributed by atoms with Crippen LogP contribution < -0.4 is 5.32 Å². The van der Waals surface area contributed by atoms with E-state index >= 15 is 0 Å². The highest BCUT2D eigenvalue weighted by Crippen LogP contribution is 2.25. The Kier molecular flexibility index (Phi) is 4.94. The molecule has 3 aromatic heterocycles. The zero-order chi connectivity index (χ0) is 19.6. The molecule has 0 aliphatic heterocycles. The van der Waals surface area contributed by atoms with Gasteiger partial charge in [0.05, 0.1) is 17.6 Å². The van der Waals surface area contributed by atoms with E-state index in [0.717, 1.165) is 34.0 Å². The van der Waals surface area contributed by atoms with Crippen molar-refractivity contribution in [2.45, 2.75) is 40.2 Å². The van der Waals surface area contributed by atoms with E-state index in [1.807, 2.05) is 52.8 Å². The molecule has 0 spiro atoms. The third-order valence-electron chi connectivity index (χ3n) is 3.85. The Labute approximate surface area is 158 Å². The molecule has 3 aromatic rings. The van der Waals surface area contributed by atoms with Crippen LogP contribution in [-0.2, 0) is 4.74 Å². The summed E-state index contributed by atoms with van der Waals surface area (Å²) < 4.78 is 5.28. The minimum absolute atomic E-state index is 0.515. The van der Waals surface area contributed by atoms with Gasteiger partial charge in [0.15, 0.2) is 5.82 Å². The second kappa shape index (κ2) is 7.19. The van der Waals surface area contributed by atoms with Gasteiger partial charge in [0.25, 0.3) is 0 Å². The molecule has 0 bridgehead atoms. The number of aromatic nitrogens is 4. The number of anilines is 1. The molecule has 3 rings (SSSR count). The summed E-state index contributed by atoms with van der Waals surface area (Å²) in [5.41, 5.74) is 4.48. The number of aryl methyl sites for hydroxylation is 2. The highest BCUT2D eigenvalue weighted by Gasteiger charge is 2.16. The summed E-state index contributed by atoms with van der Waals surface area (Å²) >= 11 is 0. The maximum atomic E-state index is 12.0. The molecule has 0 unspecified atom stereocenters. The third kappa shape index (κ3) is 4.69. The number of aromatic amines is 1. The zero-order valence-corrected chi connectivity index (χ0v) is 16.1. The van der Waals surface area contributed by atoms with Gasteiger partial charge in [0.2, 0.25) is 0 Å². The Hall–Kier alpha value is -3.22. The minimum atomic E-state index is -0.561. The quantitative estimate of drug-likeness (QED) is 0.713. The molecule has 0 aliphatic carbocycles. The predicted octanol–water partition coefficient (Wildman–Crippen LogP) is 4.50. The van der Waals surface area contributed by atoms with E-state index in [2.05, 4.69) is 25.3 Å². The second-order valence-electron chi connectivity index (χ2n) is 7.31. The average Bonchev–Trinajstić information content (AvgIpc) is 2.93. The highest BCUT2D eigenvalue weighted by molar-refractivity contribution is 5.85. The minimum Gasteiger partial charge on any atom is -0.444 e. The van der Waals surface area contributed by atoms with Gasteiger partial charge >= 0.3 is 6.09 Å². The molecular formula is C20H23N5O2. The number of carbonyl (C=O) groups excluding carboxylic acids is 1. The van der Waals surface area contributed by atoms with E-state index in [1.54, 1.807) is 18.6 Å². The summed E-state index contributed by atoms with van der Waals surface area (Å²) in [6.07, 6.45) is 4.52. The van der Waals surface area contributed by atoms with Gasteiger partial charge in [-0.15, -0.1) is 0 Å². The number of imidazole rings is 1. The van der Waals surface area contributed by atoms with Crippen molar-refractivity contribution >= 4 is 11.8 Å². The van der Waals surface area contributed by atoms with Gasteiger partial charge in [-0.3, -0.25) is 15.3 Å². The molecule has 1 amide bonds. The molecule has 0 saturated heterocycles. The lowest BCUT2D eigenvalue weighted by Gasteiger charge is -2.19. The van der Waals surface area contributed by atoms with E-state index in [-0.39, 0.29) is 0 Å². The van der Waals surface area contributed by atoms with Crippen LogP contribution in [0.2, 0.25) is 0 Å². The monoisotopic (exact) mass is 365 g/mol. The summed E-state index contributed by atoms with van der Waals surface area (Å²) in [6.45, 7) is 9.38. The SMILES string of the molecule is Cc1nc(-c2cc(-c3cncc(NC(=O)OC(C)(C)C)c3)ccn2)[nH]c1C. The van der Waals surface area contributed by atoms with Crippen molar-refractivity contribution < 1.29 is 9.53 Å². The zero-order valence-electron chi connectivity index (χ0n) is 16.1. The Balaban J connectivity index is 1.85. The van der Waals surface area contributed by atoms with Gasteiger partial charge in [-0.2, -0.15) is 0 Å². The number of amides is 1. The van der Waals surface area contributed by atoms with Gasteiger partial charge in [0, 0.05) is 23.7 Å². The van der Waals surface area contributed by atoms with E-state index in [0.29, 0.717) is 5.69 Å². The van der Waals surface area contributed by atoms with Gasteiger partial charge in [-0.1, -0.05) is 0 Å². The van der Waals surface area contributed by atoms with Crippen LogP contribution in [0.25, 0.3) is 22.6 Å². The molecule has 0 aliphatic rings. The van der Waals surface area contributed by atoms with Crippen LogP contribution in [0.1, 0.15) is 32.2 Å². The summed E-state index contributed by atoms with van der Waals surface area (Å²) in [7, 11) is 0. The Morgan fingerprint density at radius 2 is 1.93 bits per heavy atom. The first-order chi connectivity index (χ1) is 12.7. The summed E-state index contributed by atoms with van der Waals surface area (Å²) in [6, 6.07) is 5.67. The Bertz CT molecular complexity index is 953. The van der Waals surface area contributed by atoms with Crippen molar-refractivity contribution in [3.8, 4) is 22.6 Å². The van der Waals surface area contributed by atoms with Crippen molar-refractivity contribution in [3.63, 3.8) is 0 Å². The van der Waals surface area contributed by atoms with Crippen LogP contribution in [0.3, 0.4) is 0 Å². The largest absolute Gasteiger partial charge is 0.444 e. The summed E-state index contributed by atoms with van der Waals surface area (Å²) in [5, 5.41) is 2.71. The highest BCUT2D eigenvalue weighted by atomic mass is 16.6. The van der Waals surface area contributed by atoms with Crippen molar-refractivity contribution in [1.29, 1.82) is 0 Å². The Morgan fingerprint density at radius 1 is 1.15 bits per heavy atom. The van der Waals surface area contributed by atoms with Crippen LogP contribution in [0.5, 0.6) is 0 Å². The summed E-state index contributed by atoms with van der Waals surface area (Å²) in [4.78, 5) is 28.3. The van der Waals surface area contributed by atoms with Crippen LogP contribution in [0, 0.1) is 13.8 Å². The lowest BCUT2D eigenvalue weighted by molar-refractivity contribution is 0.0636. The fourth-order valence-corrected chi connectivity index (χ4v) is 2.50. The molecule has 0 radical (unpaired) electrons. The van der Waals surface area contributed by atoms with E-state index in [1.165, 1.54) is 0 Å². The third-order valence-corrected chi connectivity index (χ3v) is 3.85. The van der Waals surface area contributed by atoms with Gasteiger partial charge in [-0.25, -0.2) is 9.78 Å². The molecule has 0 atom stereocenters. The number of rotatable bonds is 3. The molecule has 7 nitrogen and oxygen atoms in total.